The molecule has 0 fully saturated rings. The van der Waals surface area contributed by atoms with Crippen molar-refractivity contribution in [3.8, 4) is 17.2 Å². The number of ether oxygens (including phenoxy) is 1. The van der Waals surface area contributed by atoms with Crippen LogP contribution in [0.2, 0.25) is 0 Å². The molecule has 1 aliphatic heterocycles. The molecule has 1 unspecified atom stereocenters. The van der Waals surface area contributed by atoms with Gasteiger partial charge in [0, 0.05) is 0 Å². The van der Waals surface area contributed by atoms with Gasteiger partial charge < -0.3 is 0 Å². The van der Waals surface area contributed by atoms with Gasteiger partial charge in [0.1, 0.15) is 0 Å². The third-order valence-corrected chi connectivity index (χ3v) is 6.50. The molecule has 0 saturated heterocycles. The van der Waals surface area contributed by atoms with E-state index >= 15 is 0 Å². The van der Waals surface area contributed by atoms with Crippen molar-refractivity contribution in [3.63, 3.8) is 0 Å². The Balaban J connectivity index is 2.06. The third kappa shape index (κ3) is 1.96. The van der Waals surface area contributed by atoms with Crippen LogP contribution in [0, 0.1) is 0 Å². The zero-order chi connectivity index (χ0) is 14.3. The van der Waals surface area contributed by atoms with Crippen LogP contribution in [0.15, 0.2) is 42.5 Å². The molecule has 0 spiro atoms. The van der Waals surface area contributed by atoms with Crippen molar-refractivity contribution < 1.29 is 19.7 Å². The van der Waals surface area contributed by atoms with E-state index in [-0.39, 0.29) is 40.4 Å². The number of carbonyl (C=O) groups is 1. The molecule has 1 atom stereocenters. The maximum absolute atomic E-state index is 12.8. The fourth-order valence-electron chi connectivity index (χ4n) is 2.45. The quantitative estimate of drug-likeness (QED) is 0.764. The first-order valence-corrected chi connectivity index (χ1v) is 8.41. The standard InChI is InChI=1S/C15H14GeO4/c16-15(9-1-3-10(17)4-2-9)8-20-13-7-11(18)5-6-12(13)14(15)19/h1-7,17-18H,8H2,16H3. The van der Waals surface area contributed by atoms with E-state index in [2.05, 4.69) is 0 Å². The second-order valence-electron chi connectivity index (χ2n) is 5.18. The number of phenolic OH excluding ortho intramolecular Hbond substituents is 2. The van der Waals surface area contributed by atoms with E-state index in [0.29, 0.717) is 11.3 Å². The van der Waals surface area contributed by atoms with Crippen molar-refractivity contribution in [2.75, 3.05) is 6.61 Å². The summed E-state index contributed by atoms with van der Waals surface area (Å²) in [5, 5.41) is 18.8. The Bertz CT molecular complexity index is 681. The molecule has 20 heavy (non-hydrogen) atoms. The number of aromatic hydroxyl groups is 2. The normalized spacial score (nSPS) is 21.3. The van der Waals surface area contributed by atoms with Crippen LogP contribution in [-0.4, -0.2) is 39.1 Å². The van der Waals surface area contributed by atoms with E-state index in [0.717, 1.165) is 5.56 Å². The van der Waals surface area contributed by atoms with Crippen molar-refractivity contribution in [1.29, 1.82) is 0 Å². The van der Waals surface area contributed by atoms with Crippen molar-refractivity contribution in [3.05, 3.63) is 53.6 Å². The molecule has 102 valence electrons. The van der Waals surface area contributed by atoms with Crippen LogP contribution in [0.4, 0.5) is 0 Å². The van der Waals surface area contributed by atoms with Gasteiger partial charge in [-0.15, -0.1) is 0 Å². The number of Topliss-reactive ketones (excluding diaryl/α,β-unsaturated/α-hetero) is 1. The fraction of sp³-hybridized carbons (Fsp3) is 0.133. The van der Waals surface area contributed by atoms with E-state index in [1.54, 1.807) is 30.3 Å². The monoisotopic (exact) mass is 332 g/mol. The molecule has 1 aliphatic rings. The molecule has 3 rings (SSSR count). The van der Waals surface area contributed by atoms with Crippen molar-refractivity contribution in [2.24, 2.45) is 0 Å². The first kappa shape index (κ1) is 13.1. The fourth-order valence-corrected chi connectivity index (χ4v) is 4.01. The van der Waals surface area contributed by atoms with Crippen LogP contribution < -0.4 is 4.74 Å². The van der Waals surface area contributed by atoms with Crippen LogP contribution >= 0.6 is 0 Å². The molecule has 2 aromatic carbocycles. The van der Waals surface area contributed by atoms with Gasteiger partial charge in [0.05, 0.1) is 0 Å². The van der Waals surface area contributed by atoms with Crippen molar-refractivity contribution in [2.45, 2.75) is 4.25 Å². The van der Waals surface area contributed by atoms with Crippen molar-refractivity contribution >= 4 is 22.3 Å². The van der Waals surface area contributed by atoms with E-state index in [1.165, 1.54) is 12.1 Å². The molecular formula is C15H14GeO4. The number of benzene rings is 2. The maximum atomic E-state index is 12.8. The number of rotatable bonds is 1. The molecule has 2 aromatic rings. The molecule has 0 bridgehead atoms. The Morgan fingerprint density at radius 3 is 2.40 bits per heavy atom. The van der Waals surface area contributed by atoms with Gasteiger partial charge in [0.2, 0.25) is 0 Å². The predicted molar refractivity (Wildman–Crippen MR) is 77.7 cm³/mol. The van der Waals surface area contributed by atoms with Gasteiger partial charge in [-0.25, -0.2) is 0 Å². The average Bonchev–Trinajstić information content (AvgIpc) is 2.44. The average molecular weight is 331 g/mol. The Kier molecular flexibility index (Phi) is 2.97. The zero-order valence-corrected chi connectivity index (χ0v) is 15.2. The van der Waals surface area contributed by atoms with Crippen LogP contribution in [0.3, 0.4) is 0 Å². The van der Waals surface area contributed by atoms with Crippen molar-refractivity contribution in [1.82, 2.24) is 0 Å². The molecule has 4 nitrogen and oxygen atoms in total. The number of phenols is 2. The Labute approximate surface area is 124 Å². The minimum atomic E-state index is -0.606. The van der Waals surface area contributed by atoms with E-state index in [4.69, 9.17) is 4.74 Å². The second kappa shape index (κ2) is 4.56. The SMILES string of the molecule is O=C1c2ccc(O)cc2OC[C]1([GeH3])c1ccc(O)cc1. The summed E-state index contributed by atoms with van der Waals surface area (Å²) in [6.07, 6.45) is 0. The predicted octanol–water partition coefficient (Wildman–Crippen LogP) is 0.934. The Hall–Kier alpha value is -1.95. The first-order valence-electron chi connectivity index (χ1n) is 6.31. The summed E-state index contributed by atoms with van der Waals surface area (Å²) in [4.78, 5) is 12.8. The molecule has 0 aromatic heterocycles. The molecule has 1 heterocycles. The van der Waals surface area contributed by atoms with Gasteiger partial charge in [0.15, 0.2) is 0 Å². The van der Waals surface area contributed by atoms with Gasteiger partial charge in [-0.1, -0.05) is 0 Å². The van der Waals surface area contributed by atoms with Gasteiger partial charge in [-0.05, 0) is 0 Å². The number of hydrogen-bond donors (Lipinski definition) is 2. The molecule has 2 N–H and O–H groups in total. The summed E-state index contributed by atoms with van der Waals surface area (Å²) in [5.74, 6) is 0.740. The van der Waals surface area contributed by atoms with Gasteiger partial charge in [0.25, 0.3) is 0 Å². The number of hydrogen-bond acceptors (Lipinski definition) is 4. The summed E-state index contributed by atoms with van der Waals surface area (Å²) in [7, 11) is 0. The second-order valence-corrected chi connectivity index (χ2v) is 8.76. The van der Waals surface area contributed by atoms with Gasteiger partial charge in [-0.3, -0.25) is 0 Å². The molecule has 0 amide bonds. The molecule has 0 radical (unpaired) electrons. The number of ketones is 1. The molecule has 0 aliphatic carbocycles. The van der Waals surface area contributed by atoms with Crippen LogP contribution in [0.5, 0.6) is 17.2 Å². The van der Waals surface area contributed by atoms with E-state index < -0.39 is 4.25 Å². The van der Waals surface area contributed by atoms with Crippen LogP contribution in [-0.2, 0) is 4.25 Å². The number of fused-ring (bicyclic) bond motifs is 1. The summed E-state index contributed by atoms with van der Waals surface area (Å²) >= 11 is 0.170. The van der Waals surface area contributed by atoms with Gasteiger partial charge in [-0.2, -0.15) is 0 Å². The first-order chi connectivity index (χ1) is 9.50. The topological polar surface area (TPSA) is 66.8 Å². The van der Waals surface area contributed by atoms with Crippen LogP contribution in [0.1, 0.15) is 15.9 Å². The summed E-state index contributed by atoms with van der Waals surface area (Å²) < 4.78 is 5.07. The van der Waals surface area contributed by atoms with E-state index in [9.17, 15) is 15.0 Å². The summed E-state index contributed by atoms with van der Waals surface area (Å²) in [6, 6.07) is 11.3. The van der Waals surface area contributed by atoms with Crippen LogP contribution in [0.25, 0.3) is 0 Å². The molecular weight excluding hydrogens is 317 g/mol. The Morgan fingerprint density at radius 2 is 1.70 bits per heavy atom. The van der Waals surface area contributed by atoms with E-state index in [1.807, 2.05) is 0 Å². The third-order valence-electron chi connectivity index (χ3n) is 3.73. The summed E-state index contributed by atoms with van der Waals surface area (Å²) in [5.41, 5.74) is 1.38. The Morgan fingerprint density at radius 1 is 1.05 bits per heavy atom. The number of carbonyl (C=O) groups excluding carboxylic acids is 1. The zero-order valence-electron chi connectivity index (χ0n) is 11.0. The molecule has 0 saturated carbocycles. The van der Waals surface area contributed by atoms with Gasteiger partial charge >= 0.3 is 124 Å². The summed E-state index contributed by atoms with van der Waals surface area (Å²) in [6.45, 7) is 0.285. The minimum absolute atomic E-state index is 0.0319. The molecule has 5 heteroatoms.